The maximum Gasteiger partial charge on any atom is 0.0712 e. The van der Waals surface area contributed by atoms with Crippen molar-refractivity contribution in [2.24, 2.45) is 9.98 Å². The Morgan fingerprint density at radius 2 is 2.12 bits per heavy atom. The Labute approximate surface area is 93.1 Å². The summed E-state index contributed by atoms with van der Waals surface area (Å²) >= 11 is 0. The van der Waals surface area contributed by atoms with Crippen LogP contribution in [0.5, 0.6) is 0 Å². The molecule has 0 atom stereocenters. The first-order chi connectivity index (χ1) is 7.92. The smallest absolute Gasteiger partial charge is 0.0712 e. The fraction of sp³-hybridized carbons (Fsp3) is 0.143. The van der Waals surface area contributed by atoms with E-state index in [1.807, 2.05) is 6.21 Å². The van der Waals surface area contributed by atoms with Crippen molar-refractivity contribution in [3.05, 3.63) is 45.6 Å². The van der Waals surface area contributed by atoms with E-state index in [0.717, 1.165) is 18.3 Å². The third-order valence-corrected chi connectivity index (χ3v) is 3.30. The number of aliphatic imine (C=N–C) groups is 1. The number of hydrogen-bond donors (Lipinski definition) is 0. The minimum Gasteiger partial charge on any atom is -0.289 e. The van der Waals surface area contributed by atoms with Gasteiger partial charge < -0.3 is 0 Å². The second kappa shape index (κ2) is 2.79. The Hall–Kier alpha value is -1.96. The van der Waals surface area contributed by atoms with Crippen LogP contribution in [0.4, 0.5) is 0 Å². The van der Waals surface area contributed by atoms with Crippen LogP contribution in [0, 0.1) is 0 Å². The Morgan fingerprint density at radius 3 is 3.12 bits per heavy atom. The molecule has 16 heavy (non-hydrogen) atoms. The first-order valence-electron chi connectivity index (χ1n) is 5.54. The normalized spacial score (nSPS) is 19.0. The minimum absolute atomic E-state index is 0.777. The van der Waals surface area contributed by atoms with Crippen LogP contribution in [0.1, 0.15) is 17.5 Å². The van der Waals surface area contributed by atoms with Gasteiger partial charge in [0, 0.05) is 23.9 Å². The lowest BCUT2D eigenvalue weighted by atomic mass is 10.0. The molecular formula is C14H10N2. The van der Waals surface area contributed by atoms with E-state index in [0.29, 0.717) is 0 Å². The topological polar surface area (TPSA) is 24.7 Å². The van der Waals surface area contributed by atoms with Crippen molar-refractivity contribution >= 4 is 23.9 Å². The summed E-state index contributed by atoms with van der Waals surface area (Å²) in [5.41, 5.74) is 5.06. The van der Waals surface area contributed by atoms with Crippen LogP contribution in [0.15, 0.2) is 33.9 Å². The number of allylic oxidation sites excluding steroid dienone is 1. The second-order valence-corrected chi connectivity index (χ2v) is 4.31. The summed E-state index contributed by atoms with van der Waals surface area (Å²) in [7, 11) is 0. The van der Waals surface area contributed by atoms with Gasteiger partial charge >= 0.3 is 0 Å². The standard InChI is InChI=1S/C14H10N2/c1-2-12-11-3-4-14-13(12)7-10(16-14)6-9(11)8-15-5-1/h1-4,7-8H,5-6H2. The Balaban J connectivity index is 2.27. The van der Waals surface area contributed by atoms with Crippen molar-refractivity contribution in [2.75, 3.05) is 6.54 Å². The van der Waals surface area contributed by atoms with Crippen molar-refractivity contribution in [2.45, 2.75) is 6.42 Å². The molecule has 0 N–H and O–H groups in total. The first kappa shape index (κ1) is 8.22. The quantitative estimate of drug-likeness (QED) is 0.611. The van der Waals surface area contributed by atoms with Gasteiger partial charge in [0.15, 0.2) is 0 Å². The average molecular weight is 206 g/mol. The molecule has 4 rings (SSSR count). The summed E-state index contributed by atoms with van der Waals surface area (Å²) in [6, 6.07) is 4.28. The van der Waals surface area contributed by atoms with Crippen molar-refractivity contribution in [1.29, 1.82) is 0 Å². The summed E-state index contributed by atoms with van der Waals surface area (Å²) in [4.78, 5) is 9.01. The lowest BCUT2D eigenvalue weighted by Gasteiger charge is -2.07. The third kappa shape index (κ3) is 0.963. The monoisotopic (exact) mass is 206 g/mol. The molecule has 1 aromatic rings. The van der Waals surface area contributed by atoms with E-state index in [1.165, 1.54) is 27.6 Å². The molecule has 2 nitrogen and oxygen atoms in total. The maximum absolute atomic E-state index is 4.62. The van der Waals surface area contributed by atoms with Crippen LogP contribution in [0.3, 0.4) is 0 Å². The molecule has 3 aliphatic rings. The van der Waals surface area contributed by atoms with E-state index >= 15 is 0 Å². The number of nitrogens with zero attached hydrogens (tertiary/aromatic N) is 2. The first-order valence-corrected chi connectivity index (χ1v) is 5.54. The zero-order valence-corrected chi connectivity index (χ0v) is 8.77. The van der Waals surface area contributed by atoms with Crippen LogP contribution < -0.4 is 10.6 Å². The fourth-order valence-corrected chi connectivity index (χ4v) is 2.58. The highest BCUT2D eigenvalue weighted by Crippen LogP contribution is 2.24. The lowest BCUT2D eigenvalue weighted by molar-refractivity contribution is 1.15. The van der Waals surface area contributed by atoms with Gasteiger partial charge in [-0.15, -0.1) is 0 Å². The molecular weight excluding hydrogens is 196 g/mol. The molecule has 5 bridgehead atoms. The number of benzene rings is 1. The van der Waals surface area contributed by atoms with Gasteiger partial charge in [-0.05, 0) is 28.5 Å². The molecule has 76 valence electrons. The van der Waals surface area contributed by atoms with Gasteiger partial charge in [0.1, 0.15) is 0 Å². The molecule has 0 aromatic heterocycles. The molecule has 2 aliphatic heterocycles. The molecule has 0 fully saturated rings. The highest BCUT2D eigenvalue weighted by atomic mass is 14.8. The van der Waals surface area contributed by atoms with Gasteiger partial charge in [-0.2, -0.15) is 0 Å². The molecule has 0 radical (unpaired) electrons. The second-order valence-electron chi connectivity index (χ2n) is 4.31. The molecule has 0 spiro atoms. The Bertz CT molecular complexity index is 703. The number of hydrogen-bond acceptors (Lipinski definition) is 2. The van der Waals surface area contributed by atoms with Gasteiger partial charge in [-0.1, -0.05) is 18.2 Å². The lowest BCUT2D eigenvalue weighted by Crippen LogP contribution is -2.20. The van der Waals surface area contributed by atoms with Crippen molar-refractivity contribution < 1.29 is 0 Å². The molecule has 1 aliphatic carbocycles. The molecule has 1 aromatic carbocycles. The summed E-state index contributed by atoms with van der Waals surface area (Å²) in [6.07, 6.45) is 9.43. The predicted octanol–water partition coefficient (Wildman–Crippen LogP) is 1.31. The molecule has 0 saturated heterocycles. The molecule has 0 amide bonds. The molecule has 2 heterocycles. The van der Waals surface area contributed by atoms with Crippen molar-refractivity contribution in [1.82, 2.24) is 0 Å². The van der Waals surface area contributed by atoms with Gasteiger partial charge in [-0.25, -0.2) is 0 Å². The fourth-order valence-electron chi connectivity index (χ4n) is 2.58. The summed E-state index contributed by atoms with van der Waals surface area (Å²) in [5.74, 6) is 0. The van der Waals surface area contributed by atoms with Crippen LogP contribution in [-0.4, -0.2) is 12.8 Å². The van der Waals surface area contributed by atoms with Crippen LogP contribution in [-0.2, 0) is 0 Å². The van der Waals surface area contributed by atoms with Gasteiger partial charge in [0.25, 0.3) is 0 Å². The molecule has 0 saturated carbocycles. The Morgan fingerprint density at radius 1 is 1.12 bits per heavy atom. The van der Waals surface area contributed by atoms with E-state index in [4.69, 9.17) is 0 Å². The van der Waals surface area contributed by atoms with Crippen LogP contribution in [0.25, 0.3) is 17.7 Å². The number of rotatable bonds is 0. The predicted molar refractivity (Wildman–Crippen MR) is 65.6 cm³/mol. The summed E-state index contributed by atoms with van der Waals surface area (Å²) in [5, 5.41) is 2.44. The molecule has 0 unspecified atom stereocenters. The van der Waals surface area contributed by atoms with E-state index in [9.17, 15) is 0 Å². The Kier molecular flexibility index (Phi) is 1.43. The van der Waals surface area contributed by atoms with Gasteiger partial charge in [0.2, 0.25) is 0 Å². The third-order valence-electron chi connectivity index (χ3n) is 3.30. The summed E-state index contributed by atoms with van der Waals surface area (Å²) in [6.45, 7) is 0.777. The summed E-state index contributed by atoms with van der Waals surface area (Å²) < 4.78 is 0. The minimum atomic E-state index is 0.777. The average Bonchev–Trinajstić information content (AvgIpc) is 2.57. The zero-order chi connectivity index (χ0) is 10.5. The van der Waals surface area contributed by atoms with Crippen molar-refractivity contribution in [3.8, 4) is 0 Å². The largest absolute Gasteiger partial charge is 0.289 e. The van der Waals surface area contributed by atoms with E-state index in [-0.39, 0.29) is 0 Å². The van der Waals surface area contributed by atoms with Crippen molar-refractivity contribution in [3.63, 3.8) is 0 Å². The van der Waals surface area contributed by atoms with E-state index in [1.54, 1.807) is 0 Å². The maximum atomic E-state index is 4.62. The van der Waals surface area contributed by atoms with E-state index in [2.05, 4.69) is 40.3 Å². The SMILES string of the molecule is C1=Cc2c3c4ccc2=C(C=NC1)CC(=C3)N=4. The zero-order valence-electron chi connectivity index (χ0n) is 8.77. The van der Waals surface area contributed by atoms with Gasteiger partial charge in [0.05, 0.1) is 11.9 Å². The van der Waals surface area contributed by atoms with E-state index < -0.39 is 0 Å². The van der Waals surface area contributed by atoms with Crippen LogP contribution in [0.2, 0.25) is 0 Å². The van der Waals surface area contributed by atoms with Crippen LogP contribution >= 0.6 is 0 Å². The molecule has 2 heteroatoms. The highest BCUT2D eigenvalue weighted by Gasteiger charge is 2.17. The van der Waals surface area contributed by atoms with Gasteiger partial charge in [-0.3, -0.25) is 9.98 Å². The highest BCUT2D eigenvalue weighted by molar-refractivity contribution is 6.04.